The third-order valence-corrected chi connectivity index (χ3v) is 4.92. The molecule has 0 aliphatic heterocycles. The molecule has 3 aromatic rings. The predicted molar refractivity (Wildman–Crippen MR) is 109 cm³/mol. The number of esters is 1. The van der Waals surface area contributed by atoms with E-state index < -0.39 is 12.6 Å². The molecular formula is C22H24FN3O4. The summed E-state index contributed by atoms with van der Waals surface area (Å²) in [6.07, 6.45) is 2.77. The first-order chi connectivity index (χ1) is 14.3. The van der Waals surface area contributed by atoms with Gasteiger partial charge in [-0.3, -0.25) is 9.36 Å². The molecule has 2 heterocycles. The number of nitrogens with zero attached hydrogens (tertiary/aromatic N) is 3. The van der Waals surface area contributed by atoms with Crippen molar-refractivity contribution in [1.29, 1.82) is 0 Å². The minimum absolute atomic E-state index is 0.0733. The Morgan fingerprint density at radius 2 is 1.90 bits per heavy atom. The van der Waals surface area contributed by atoms with E-state index in [1.807, 2.05) is 25.3 Å². The van der Waals surface area contributed by atoms with Gasteiger partial charge in [-0.2, -0.15) is 0 Å². The lowest BCUT2D eigenvalue weighted by Gasteiger charge is -2.17. The van der Waals surface area contributed by atoms with Crippen molar-refractivity contribution in [2.75, 3.05) is 20.3 Å². The van der Waals surface area contributed by atoms with Crippen LogP contribution in [0.2, 0.25) is 0 Å². The fourth-order valence-electron chi connectivity index (χ4n) is 3.59. The molecular weight excluding hydrogens is 389 g/mol. The van der Waals surface area contributed by atoms with Gasteiger partial charge in [0.15, 0.2) is 12.3 Å². The van der Waals surface area contributed by atoms with Crippen molar-refractivity contribution in [1.82, 2.24) is 14.1 Å². The van der Waals surface area contributed by atoms with Crippen molar-refractivity contribution >= 4 is 11.8 Å². The van der Waals surface area contributed by atoms with Crippen molar-refractivity contribution in [3.05, 3.63) is 71.3 Å². The molecule has 1 atom stereocenters. The van der Waals surface area contributed by atoms with E-state index in [9.17, 15) is 14.0 Å². The van der Waals surface area contributed by atoms with Gasteiger partial charge in [-0.15, -0.1) is 0 Å². The van der Waals surface area contributed by atoms with Crippen LogP contribution in [0.15, 0.2) is 42.9 Å². The number of rotatable bonds is 8. The average molecular weight is 413 g/mol. The number of ether oxygens (including phenoxy) is 2. The van der Waals surface area contributed by atoms with Crippen LogP contribution < -0.4 is 0 Å². The molecule has 0 fully saturated rings. The zero-order valence-corrected chi connectivity index (χ0v) is 17.4. The Bertz CT molecular complexity index is 1050. The number of methoxy groups -OCH3 is 1. The molecule has 1 aromatic carbocycles. The van der Waals surface area contributed by atoms with Crippen LogP contribution in [-0.4, -0.2) is 46.2 Å². The van der Waals surface area contributed by atoms with Crippen LogP contribution in [0.3, 0.4) is 0 Å². The zero-order valence-electron chi connectivity index (χ0n) is 17.4. The predicted octanol–water partition coefficient (Wildman–Crippen LogP) is 3.68. The van der Waals surface area contributed by atoms with Gasteiger partial charge in [-0.05, 0) is 51.1 Å². The number of hydrogen-bond donors (Lipinski definition) is 0. The van der Waals surface area contributed by atoms with E-state index in [-0.39, 0.29) is 23.3 Å². The van der Waals surface area contributed by atoms with E-state index in [1.54, 1.807) is 13.2 Å². The third-order valence-electron chi connectivity index (χ3n) is 4.92. The number of halogens is 1. The van der Waals surface area contributed by atoms with Crippen LogP contribution >= 0.6 is 0 Å². The van der Waals surface area contributed by atoms with Crippen molar-refractivity contribution < 1.29 is 23.5 Å². The Morgan fingerprint density at radius 1 is 1.20 bits per heavy atom. The largest absolute Gasteiger partial charge is 0.453 e. The number of aromatic nitrogens is 3. The maximum atomic E-state index is 13.2. The van der Waals surface area contributed by atoms with E-state index in [1.165, 1.54) is 41.4 Å². The first kappa shape index (κ1) is 21.4. The highest BCUT2D eigenvalue weighted by atomic mass is 19.1. The molecule has 30 heavy (non-hydrogen) atoms. The maximum Gasteiger partial charge on any atom is 0.357 e. The average Bonchev–Trinajstić information content (AvgIpc) is 3.31. The van der Waals surface area contributed by atoms with Gasteiger partial charge < -0.3 is 14.0 Å². The van der Waals surface area contributed by atoms with Crippen molar-refractivity contribution in [2.24, 2.45) is 0 Å². The number of ketones is 1. The lowest BCUT2D eigenvalue weighted by atomic mass is 10.1. The molecule has 158 valence electrons. The number of carbonyl (C=O) groups is 2. The lowest BCUT2D eigenvalue weighted by Crippen LogP contribution is -2.18. The monoisotopic (exact) mass is 413 g/mol. The highest BCUT2D eigenvalue weighted by Crippen LogP contribution is 2.21. The van der Waals surface area contributed by atoms with Crippen molar-refractivity contribution in [3.8, 4) is 5.69 Å². The summed E-state index contributed by atoms with van der Waals surface area (Å²) in [6, 6.07) is 7.48. The Morgan fingerprint density at radius 3 is 2.57 bits per heavy atom. The molecule has 0 aliphatic carbocycles. The highest BCUT2D eigenvalue weighted by molar-refractivity contribution is 6.00. The van der Waals surface area contributed by atoms with Crippen LogP contribution in [0.4, 0.5) is 4.39 Å². The fraction of sp³-hybridized carbons (Fsp3) is 0.318. The number of Topliss-reactive ketones (excluding diaryl/α,β-unsaturated/α-hetero) is 1. The molecule has 0 amide bonds. The van der Waals surface area contributed by atoms with Gasteiger partial charge in [-0.1, -0.05) is 0 Å². The molecule has 7 nitrogen and oxygen atoms in total. The second-order valence-electron chi connectivity index (χ2n) is 7.08. The van der Waals surface area contributed by atoms with Crippen LogP contribution in [-0.2, 0) is 9.47 Å². The lowest BCUT2D eigenvalue weighted by molar-refractivity contribution is 0.0466. The van der Waals surface area contributed by atoms with Crippen LogP contribution in [0.25, 0.3) is 5.69 Å². The van der Waals surface area contributed by atoms with Gasteiger partial charge in [0.1, 0.15) is 5.82 Å². The van der Waals surface area contributed by atoms with Gasteiger partial charge in [-0.25, -0.2) is 14.2 Å². The smallest absolute Gasteiger partial charge is 0.357 e. The maximum absolute atomic E-state index is 13.2. The molecule has 0 radical (unpaired) electrons. The molecule has 0 N–H and O–H groups in total. The summed E-state index contributed by atoms with van der Waals surface area (Å²) in [6.45, 7) is 5.91. The molecule has 2 aromatic heterocycles. The Labute approximate surface area is 174 Å². The van der Waals surface area contributed by atoms with E-state index in [4.69, 9.17) is 9.47 Å². The number of aryl methyl sites for hydroxylation is 1. The number of benzene rings is 1. The summed E-state index contributed by atoms with van der Waals surface area (Å²) in [5.41, 5.74) is 2.95. The van der Waals surface area contributed by atoms with Gasteiger partial charge >= 0.3 is 5.97 Å². The first-order valence-electron chi connectivity index (χ1n) is 9.49. The second-order valence-corrected chi connectivity index (χ2v) is 7.08. The van der Waals surface area contributed by atoms with Gasteiger partial charge in [0.25, 0.3) is 0 Å². The Kier molecular flexibility index (Phi) is 6.47. The molecule has 0 saturated heterocycles. The minimum atomic E-state index is -0.688. The molecule has 3 rings (SSSR count). The summed E-state index contributed by atoms with van der Waals surface area (Å²) in [4.78, 5) is 29.2. The van der Waals surface area contributed by atoms with Crippen LogP contribution in [0, 0.1) is 19.7 Å². The van der Waals surface area contributed by atoms with E-state index in [0.29, 0.717) is 17.9 Å². The van der Waals surface area contributed by atoms with Gasteiger partial charge in [0, 0.05) is 29.7 Å². The van der Waals surface area contributed by atoms with Crippen LogP contribution in [0.5, 0.6) is 0 Å². The quantitative estimate of drug-likeness (QED) is 0.416. The second kappa shape index (κ2) is 9.04. The number of carbonyl (C=O) groups excluding carboxylic acids is 2. The third kappa shape index (κ3) is 4.33. The first-order valence-corrected chi connectivity index (χ1v) is 9.49. The van der Waals surface area contributed by atoms with E-state index >= 15 is 0 Å². The topological polar surface area (TPSA) is 75.3 Å². The molecule has 0 saturated carbocycles. The molecule has 8 heteroatoms. The van der Waals surface area contributed by atoms with Crippen molar-refractivity contribution in [3.63, 3.8) is 0 Å². The van der Waals surface area contributed by atoms with E-state index in [2.05, 4.69) is 4.98 Å². The van der Waals surface area contributed by atoms with E-state index in [0.717, 1.165) is 11.4 Å². The Hall–Kier alpha value is -3.26. The van der Waals surface area contributed by atoms with Crippen molar-refractivity contribution in [2.45, 2.75) is 26.8 Å². The Balaban J connectivity index is 1.72. The standard InChI is InChI=1S/C22H24FN3O4/c1-14-9-19(16(3)26(14)15(2)11-29-4)21(27)12-30-22(28)20-10-24-13-25(20)18-7-5-17(23)6-8-18/h5-10,13,15H,11-12H2,1-4H3. The summed E-state index contributed by atoms with van der Waals surface area (Å²) < 4.78 is 27.1. The number of hydrogen-bond acceptors (Lipinski definition) is 5. The summed E-state index contributed by atoms with van der Waals surface area (Å²) >= 11 is 0. The molecule has 0 aliphatic rings. The highest BCUT2D eigenvalue weighted by Gasteiger charge is 2.21. The summed E-state index contributed by atoms with van der Waals surface area (Å²) in [5, 5.41) is 0. The van der Waals surface area contributed by atoms with Crippen LogP contribution in [0.1, 0.15) is 45.2 Å². The van der Waals surface area contributed by atoms with Gasteiger partial charge in [0.05, 0.1) is 25.2 Å². The van der Waals surface area contributed by atoms with Gasteiger partial charge in [0.2, 0.25) is 5.78 Å². The number of imidazole rings is 1. The zero-order chi connectivity index (χ0) is 21.8. The fourth-order valence-corrected chi connectivity index (χ4v) is 3.59. The summed E-state index contributed by atoms with van der Waals surface area (Å²) in [5.74, 6) is -1.36. The molecule has 0 spiro atoms. The molecule has 1 unspecified atom stereocenters. The SMILES string of the molecule is COCC(C)n1c(C)cc(C(=O)COC(=O)c2cncn2-c2ccc(F)cc2)c1C. The molecule has 0 bridgehead atoms. The summed E-state index contributed by atoms with van der Waals surface area (Å²) in [7, 11) is 1.63. The minimum Gasteiger partial charge on any atom is -0.453 e. The normalized spacial score (nSPS) is 12.0.